The van der Waals surface area contributed by atoms with Crippen molar-refractivity contribution in [3.8, 4) is 0 Å². The number of hydrogen-bond donors (Lipinski definition) is 1. The van der Waals surface area contributed by atoms with E-state index in [1.165, 1.54) is 7.11 Å². The SMILES string of the molecule is CCN1CCN(C2=N[C@@H](c3ccccc3)[C@H](C(=O)OC)C(=O)N2)CC1. The van der Waals surface area contributed by atoms with Gasteiger partial charge < -0.3 is 14.5 Å². The largest absolute Gasteiger partial charge is 0.468 e. The molecule has 2 aliphatic heterocycles. The second kappa shape index (κ2) is 7.65. The molecule has 1 aromatic carbocycles. The predicted molar refractivity (Wildman–Crippen MR) is 94.0 cm³/mol. The molecule has 0 saturated carbocycles. The monoisotopic (exact) mass is 344 g/mol. The van der Waals surface area contributed by atoms with Crippen LogP contribution < -0.4 is 5.32 Å². The van der Waals surface area contributed by atoms with Crippen LogP contribution in [0.3, 0.4) is 0 Å². The molecule has 1 saturated heterocycles. The van der Waals surface area contributed by atoms with Crippen LogP contribution in [0.15, 0.2) is 35.3 Å². The Kier molecular flexibility index (Phi) is 5.33. The number of guanidine groups is 1. The van der Waals surface area contributed by atoms with Crippen molar-refractivity contribution in [3.63, 3.8) is 0 Å². The van der Waals surface area contributed by atoms with Gasteiger partial charge in [-0.3, -0.25) is 14.9 Å². The number of amides is 1. The van der Waals surface area contributed by atoms with Gasteiger partial charge in [-0.05, 0) is 12.1 Å². The number of rotatable bonds is 3. The van der Waals surface area contributed by atoms with Crippen LogP contribution in [0.5, 0.6) is 0 Å². The van der Waals surface area contributed by atoms with Crippen LogP contribution in [0.2, 0.25) is 0 Å². The van der Waals surface area contributed by atoms with E-state index in [1.54, 1.807) is 0 Å². The number of methoxy groups -OCH3 is 1. The number of hydrogen-bond acceptors (Lipinski definition) is 6. The number of esters is 1. The molecule has 2 atom stereocenters. The van der Waals surface area contributed by atoms with Crippen LogP contribution >= 0.6 is 0 Å². The Morgan fingerprint density at radius 1 is 1.24 bits per heavy atom. The second-order valence-electron chi connectivity index (χ2n) is 6.22. The molecule has 0 aliphatic carbocycles. The Morgan fingerprint density at radius 2 is 1.92 bits per heavy atom. The van der Waals surface area contributed by atoms with Gasteiger partial charge in [0.2, 0.25) is 11.9 Å². The summed E-state index contributed by atoms with van der Waals surface area (Å²) < 4.78 is 4.83. The van der Waals surface area contributed by atoms with Gasteiger partial charge in [0, 0.05) is 26.2 Å². The van der Waals surface area contributed by atoms with E-state index in [9.17, 15) is 9.59 Å². The minimum Gasteiger partial charge on any atom is -0.468 e. The van der Waals surface area contributed by atoms with Gasteiger partial charge in [-0.1, -0.05) is 37.3 Å². The number of nitrogens with zero attached hydrogens (tertiary/aromatic N) is 3. The van der Waals surface area contributed by atoms with Gasteiger partial charge in [0.1, 0.15) is 6.04 Å². The van der Waals surface area contributed by atoms with E-state index >= 15 is 0 Å². The minimum absolute atomic E-state index is 0.358. The quantitative estimate of drug-likeness (QED) is 0.643. The van der Waals surface area contributed by atoms with Crippen LogP contribution in [0, 0.1) is 5.92 Å². The number of carbonyl (C=O) groups excluding carboxylic acids is 2. The molecule has 134 valence electrons. The maximum absolute atomic E-state index is 12.6. The minimum atomic E-state index is -0.965. The number of nitrogens with one attached hydrogen (secondary N) is 1. The number of ether oxygens (including phenoxy) is 1. The third-order valence-electron chi connectivity index (χ3n) is 4.81. The zero-order chi connectivity index (χ0) is 17.8. The highest BCUT2D eigenvalue weighted by Gasteiger charge is 2.41. The Labute approximate surface area is 147 Å². The van der Waals surface area contributed by atoms with Crippen molar-refractivity contribution in [2.75, 3.05) is 39.8 Å². The lowest BCUT2D eigenvalue weighted by Gasteiger charge is -2.38. The lowest BCUT2D eigenvalue weighted by molar-refractivity contribution is -0.151. The van der Waals surface area contributed by atoms with Crippen molar-refractivity contribution in [2.45, 2.75) is 13.0 Å². The first-order valence-corrected chi connectivity index (χ1v) is 8.62. The lowest BCUT2D eigenvalue weighted by atomic mass is 9.91. The van der Waals surface area contributed by atoms with Gasteiger partial charge in [0.05, 0.1) is 7.11 Å². The number of carbonyl (C=O) groups is 2. The molecule has 1 N–H and O–H groups in total. The second-order valence-corrected chi connectivity index (χ2v) is 6.22. The van der Waals surface area contributed by atoms with Crippen molar-refractivity contribution >= 4 is 17.8 Å². The molecule has 0 radical (unpaired) electrons. The highest BCUT2D eigenvalue weighted by molar-refractivity contribution is 6.08. The van der Waals surface area contributed by atoms with E-state index < -0.39 is 17.9 Å². The summed E-state index contributed by atoms with van der Waals surface area (Å²) in [5, 5.41) is 2.80. The molecule has 25 heavy (non-hydrogen) atoms. The number of aliphatic imine (C=N–C) groups is 1. The van der Waals surface area contributed by atoms with Gasteiger partial charge in [-0.25, -0.2) is 4.99 Å². The first-order chi connectivity index (χ1) is 12.1. The van der Waals surface area contributed by atoms with Crippen LogP contribution in [0.1, 0.15) is 18.5 Å². The molecule has 3 rings (SSSR count). The van der Waals surface area contributed by atoms with Crippen molar-refractivity contribution in [2.24, 2.45) is 10.9 Å². The standard InChI is InChI=1S/C18H24N4O3/c1-3-21-9-11-22(12-10-21)18-19-15(13-7-5-4-6-8-13)14(16(23)20-18)17(24)25-2/h4-8,14-15H,3,9-12H2,1-2H3,(H,19,20,23)/t14-,15-/m0/s1. The van der Waals surface area contributed by atoms with Gasteiger partial charge in [0.15, 0.2) is 5.92 Å². The maximum Gasteiger partial charge on any atom is 0.320 e. The molecule has 0 bridgehead atoms. The summed E-state index contributed by atoms with van der Waals surface area (Å²) in [6.07, 6.45) is 0. The summed E-state index contributed by atoms with van der Waals surface area (Å²) in [5.41, 5.74) is 0.831. The van der Waals surface area contributed by atoms with E-state index in [2.05, 4.69) is 22.0 Å². The van der Waals surface area contributed by atoms with Crippen molar-refractivity contribution in [1.29, 1.82) is 0 Å². The molecule has 0 unspecified atom stereocenters. The highest BCUT2D eigenvalue weighted by Crippen LogP contribution is 2.30. The summed E-state index contributed by atoms with van der Waals surface area (Å²) in [5.74, 6) is -1.34. The molecular formula is C18H24N4O3. The fourth-order valence-electron chi connectivity index (χ4n) is 3.29. The third kappa shape index (κ3) is 3.66. The lowest BCUT2D eigenvalue weighted by Crippen LogP contribution is -2.57. The first kappa shape index (κ1) is 17.4. The molecule has 7 nitrogen and oxygen atoms in total. The Balaban J connectivity index is 1.89. The summed E-state index contributed by atoms with van der Waals surface area (Å²) in [4.78, 5) is 33.9. The van der Waals surface area contributed by atoms with E-state index in [1.807, 2.05) is 30.3 Å². The average molecular weight is 344 g/mol. The average Bonchev–Trinajstić information content (AvgIpc) is 2.67. The zero-order valence-electron chi connectivity index (χ0n) is 14.6. The highest BCUT2D eigenvalue weighted by atomic mass is 16.5. The van der Waals surface area contributed by atoms with Crippen LogP contribution in [-0.2, 0) is 14.3 Å². The fraction of sp³-hybridized carbons (Fsp3) is 0.500. The molecular weight excluding hydrogens is 320 g/mol. The normalized spacial score (nSPS) is 24.5. The van der Waals surface area contributed by atoms with Crippen LogP contribution in [0.25, 0.3) is 0 Å². The Hall–Kier alpha value is -2.41. The molecule has 1 amide bonds. The van der Waals surface area contributed by atoms with E-state index in [-0.39, 0.29) is 5.91 Å². The summed E-state index contributed by atoms with van der Waals surface area (Å²) in [7, 11) is 1.29. The van der Waals surface area contributed by atoms with Gasteiger partial charge in [-0.2, -0.15) is 0 Å². The van der Waals surface area contributed by atoms with E-state index in [4.69, 9.17) is 9.73 Å². The molecule has 0 spiro atoms. The summed E-state index contributed by atoms with van der Waals surface area (Å²) in [6, 6.07) is 8.86. The molecule has 1 aromatic rings. The van der Waals surface area contributed by atoms with Gasteiger partial charge >= 0.3 is 5.97 Å². The van der Waals surface area contributed by atoms with E-state index in [0.717, 1.165) is 38.3 Å². The summed E-state index contributed by atoms with van der Waals surface area (Å²) >= 11 is 0. The molecule has 2 heterocycles. The predicted octanol–water partition coefficient (Wildman–Crippen LogP) is 0.640. The topological polar surface area (TPSA) is 74.2 Å². The number of piperazine rings is 1. The van der Waals surface area contributed by atoms with Crippen molar-refractivity contribution in [1.82, 2.24) is 15.1 Å². The molecule has 0 aromatic heterocycles. The maximum atomic E-state index is 12.6. The van der Waals surface area contributed by atoms with Gasteiger partial charge in [-0.15, -0.1) is 0 Å². The number of benzene rings is 1. The Bertz CT molecular complexity index is 654. The Morgan fingerprint density at radius 3 is 2.52 bits per heavy atom. The van der Waals surface area contributed by atoms with Crippen molar-refractivity contribution in [3.05, 3.63) is 35.9 Å². The van der Waals surface area contributed by atoms with Crippen LogP contribution in [0.4, 0.5) is 0 Å². The van der Waals surface area contributed by atoms with Crippen molar-refractivity contribution < 1.29 is 14.3 Å². The fourth-order valence-corrected chi connectivity index (χ4v) is 3.29. The summed E-state index contributed by atoms with van der Waals surface area (Å²) in [6.45, 7) is 6.63. The van der Waals surface area contributed by atoms with Crippen LogP contribution in [-0.4, -0.2) is 67.5 Å². The van der Waals surface area contributed by atoms with Gasteiger partial charge in [0.25, 0.3) is 0 Å². The molecule has 7 heteroatoms. The molecule has 1 fully saturated rings. The molecule has 2 aliphatic rings. The smallest absolute Gasteiger partial charge is 0.320 e. The number of likely N-dealkylation sites (N-methyl/N-ethyl adjacent to an activating group) is 1. The zero-order valence-corrected chi connectivity index (χ0v) is 14.6. The third-order valence-corrected chi connectivity index (χ3v) is 4.81. The first-order valence-electron chi connectivity index (χ1n) is 8.62. The van der Waals surface area contributed by atoms with E-state index in [0.29, 0.717) is 5.96 Å².